The summed E-state index contributed by atoms with van der Waals surface area (Å²) in [5.74, 6) is 0.0686. The number of rotatable bonds is 3. The monoisotopic (exact) mass is 344 g/mol. The van der Waals surface area contributed by atoms with Crippen LogP contribution in [0.1, 0.15) is 51.9 Å². The van der Waals surface area contributed by atoms with E-state index in [4.69, 9.17) is 0 Å². The van der Waals surface area contributed by atoms with Crippen LogP contribution in [0.3, 0.4) is 0 Å². The summed E-state index contributed by atoms with van der Waals surface area (Å²) in [7, 11) is 0. The summed E-state index contributed by atoms with van der Waals surface area (Å²) in [5, 5.41) is 3.04. The second-order valence-electron chi connectivity index (χ2n) is 7.66. The zero-order chi connectivity index (χ0) is 17.5. The molecule has 1 N–H and O–H groups in total. The van der Waals surface area contributed by atoms with E-state index in [2.05, 4.69) is 40.5 Å². The van der Waals surface area contributed by atoms with Gasteiger partial charge in [0.25, 0.3) is 5.91 Å². The molecule has 5 rings (SSSR count). The van der Waals surface area contributed by atoms with Crippen LogP contribution < -0.4 is 5.32 Å². The zero-order valence-electron chi connectivity index (χ0n) is 15.1. The molecule has 1 fully saturated rings. The van der Waals surface area contributed by atoms with E-state index in [-0.39, 0.29) is 5.91 Å². The summed E-state index contributed by atoms with van der Waals surface area (Å²) in [6.07, 6.45) is 4.53. The van der Waals surface area contributed by atoms with E-state index in [0.717, 1.165) is 31.5 Å². The Bertz CT molecular complexity index is 889. The first-order valence-corrected chi connectivity index (χ1v) is 9.74. The van der Waals surface area contributed by atoms with E-state index in [1.54, 1.807) is 0 Å². The van der Waals surface area contributed by atoms with Crippen molar-refractivity contribution in [3.05, 3.63) is 70.3 Å². The number of hydrogen-bond donors (Lipinski definition) is 1. The van der Waals surface area contributed by atoms with Crippen LogP contribution in [-0.2, 0) is 13.0 Å². The normalized spacial score (nSPS) is 19.5. The van der Waals surface area contributed by atoms with Crippen molar-refractivity contribution in [3.63, 3.8) is 0 Å². The van der Waals surface area contributed by atoms with Gasteiger partial charge >= 0.3 is 0 Å². The van der Waals surface area contributed by atoms with Gasteiger partial charge in [-0.2, -0.15) is 0 Å². The fourth-order valence-electron chi connectivity index (χ4n) is 4.70. The third-order valence-electron chi connectivity index (χ3n) is 6.00. The van der Waals surface area contributed by atoms with Gasteiger partial charge < -0.3 is 5.32 Å². The van der Waals surface area contributed by atoms with Gasteiger partial charge in [-0.25, -0.2) is 0 Å². The van der Waals surface area contributed by atoms with Crippen molar-refractivity contribution in [2.24, 2.45) is 0 Å². The highest BCUT2D eigenvalue weighted by molar-refractivity contribution is 6.07. The molecule has 0 aromatic heterocycles. The molecule has 26 heavy (non-hydrogen) atoms. The molecule has 1 amide bonds. The van der Waals surface area contributed by atoms with Crippen LogP contribution in [0.25, 0.3) is 11.1 Å². The Morgan fingerprint density at radius 1 is 0.962 bits per heavy atom. The van der Waals surface area contributed by atoms with Crippen molar-refractivity contribution in [1.29, 1.82) is 0 Å². The highest BCUT2D eigenvalue weighted by Crippen LogP contribution is 2.42. The van der Waals surface area contributed by atoms with Crippen molar-refractivity contribution >= 4 is 17.1 Å². The number of nitrogens with one attached hydrogen (secondary N) is 1. The standard InChI is InChI=1S/C23H24N2O/c26-23-20-5-3-4-18-14-21(19(22(18)20)10-11-24-23)17-8-6-16(7-9-17)15-25-12-1-2-13-25/h3-9H,1-2,10-15H2,(H,24,26). The SMILES string of the molecule is O=C1NCCC2=C(c3ccc(CN4CCCC4)cc3)Cc3cccc1c32. The molecule has 2 heterocycles. The molecular weight excluding hydrogens is 320 g/mol. The van der Waals surface area contributed by atoms with Crippen LogP contribution in [0.15, 0.2) is 42.5 Å². The van der Waals surface area contributed by atoms with Gasteiger partial charge in [0.15, 0.2) is 0 Å². The Morgan fingerprint density at radius 3 is 2.58 bits per heavy atom. The van der Waals surface area contributed by atoms with Crippen molar-refractivity contribution in [1.82, 2.24) is 10.2 Å². The first-order chi connectivity index (χ1) is 12.8. The summed E-state index contributed by atoms with van der Waals surface area (Å²) in [6, 6.07) is 15.3. The lowest BCUT2D eigenvalue weighted by molar-refractivity contribution is 0.0956. The number of nitrogens with zero attached hydrogens (tertiary/aromatic N) is 1. The number of likely N-dealkylation sites (tertiary alicyclic amines) is 1. The van der Waals surface area contributed by atoms with E-state index >= 15 is 0 Å². The van der Waals surface area contributed by atoms with Crippen LogP contribution in [0.5, 0.6) is 0 Å². The van der Waals surface area contributed by atoms with Crippen LogP contribution in [-0.4, -0.2) is 30.4 Å². The van der Waals surface area contributed by atoms with Gasteiger partial charge in [-0.15, -0.1) is 0 Å². The molecule has 3 aliphatic rings. The van der Waals surface area contributed by atoms with Gasteiger partial charge in [0.05, 0.1) is 0 Å². The number of allylic oxidation sites excluding steroid dienone is 1. The molecule has 2 aromatic rings. The number of benzene rings is 2. The summed E-state index contributed by atoms with van der Waals surface area (Å²) in [4.78, 5) is 14.9. The first kappa shape index (κ1) is 15.8. The number of carbonyl (C=O) groups is 1. The Hall–Kier alpha value is -2.39. The Morgan fingerprint density at radius 2 is 1.77 bits per heavy atom. The molecule has 1 saturated heterocycles. The van der Waals surface area contributed by atoms with Gasteiger partial charge in [-0.05, 0) is 78.2 Å². The molecule has 3 heteroatoms. The second kappa shape index (κ2) is 6.40. The molecule has 2 aromatic carbocycles. The molecular formula is C23H24N2O. The summed E-state index contributed by atoms with van der Waals surface area (Å²) < 4.78 is 0. The van der Waals surface area contributed by atoms with Crippen LogP contribution in [0.2, 0.25) is 0 Å². The molecule has 0 radical (unpaired) electrons. The molecule has 1 aliphatic carbocycles. The minimum atomic E-state index is 0.0686. The van der Waals surface area contributed by atoms with Gasteiger partial charge in [0.1, 0.15) is 0 Å². The molecule has 0 saturated carbocycles. The number of carbonyl (C=O) groups excluding carboxylic acids is 1. The van der Waals surface area contributed by atoms with E-state index < -0.39 is 0 Å². The largest absolute Gasteiger partial charge is 0.352 e. The maximum atomic E-state index is 12.3. The highest BCUT2D eigenvalue weighted by atomic mass is 16.1. The minimum absolute atomic E-state index is 0.0686. The third kappa shape index (κ3) is 2.67. The maximum Gasteiger partial charge on any atom is 0.251 e. The Balaban J connectivity index is 1.48. The van der Waals surface area contributed by atoms with Crippen molar-refractivity contribution in [3.8, 4) is 0 Å². The molecule has 0 spiro atoms. The zero-order valence-corrected chi connectivity index (χ0v) is 15.1. The highest BCUT2D eigenvalue weighted by Gasteiger charge is 2.29. The minimum Gasteiger partial charge on any atom is -0.352 e. The molecule has 3 nitrogen and oxygen atoms in total. The number of amides is 1. The predicted octanol–water partition coefficient (Wildman–Crippen LogP) is 3.88. The van der Waals surface area contributed by atoms with Gasteiger partial charge in [-0.3, -0.25) is 9.69 Å². The third-order valence-corrected chi connectivity index (χ3v) is 6.00. The molecule has 0 atom stereocenters. The van der Waals surface area contributed by atoms with E-state index in [0.29, 0.717) is 0 Å². The quantitative estimate of drug-likeness (QED) is 0.916. The van der Waals surface area contributed by atoms with Crippen molar-refractivity contribution in [2.75, 3.05) is 19.6 Å². The van der Waals surface area contributed by atoms with E-state index in [9.17, 15) is 4.79 Å². The molecule has 2 aliphatic heterocycles. The summed E-state index contributed by atoms with van der Waals surface area (Å²) in [5.41, 5.74) is 8.80. The lowest BCUT2D eigenvalue weighted by atomic mass is 9.96. The second-order valence-corrected chi connectivity index (χ2v) is 7.66. The Kier molecular flexibility index (Phi) is 3.90. The molecule has 132 valence electrons. The van der Waals surface area contributed by atoms with Crippen molar-refractivity contribution < 1.29 is 4.79 Å². The Labute approximate surface area is 154 Å². The van der Waals surface area contributed by atoms with Crippen LogP contribution >= 0.6 is 0 Å². The fraction of sp³-hybridized carbons (Fsp3) is 0.348. The first-order valence-electron chi connectivity index (χ1n) is 9.74. The van der Waals surface area contributed by atoms with E-state index in [1.807, 2.05) is 12.1 Å². The molecule has 0 bridgehead atoms. The van der Waals surface area contributed by atoms with E-state index in [1.165, 1.54) is 59.3 Å². The fourth-order valence-corrected chi connectivity index (χ4v) is 4.70. The topological polar surface area (TPSA) is 32.3 Å². The van der Waals surface area contributed by atoms with Crippen LogP contribution in [0.4, 0.5) is 0 Å². The molecule has 0 unspecified atom stereocenters. The predicted molar refractivity (Wildman–Crippen MR) is 105 cm³/mol. The smallest absolute Gasteiger partial charge is 0.251 e. The average molecular weight is 344 g/mol. The van der Waals surface area contributed by atoms with Crippen LogP contribution in [0, 0.1) is 0 Å². The lowest BCUT2D eigenvalue weighted by Crippen LogP contribution is -2.22. The number of hydrogen-bond acceptors (Lipinski definition) is 2. The van der Waals surface area contributed by atoms with Crippen molar-refractivity contribution in [2.45, 2.75) is 32.2 Å². The van der Waals surface area contributed by atoms with Gasteiger partial charge in [0.2, 0.25) is 0 Å². The lowest BCUT2D eigenvalue weighted by Gasteiger charge is -2.15. The summed E-state index contributed by atoms with van der Waals surface area (Å²) >= 11 is 0. The van der Waals surface area contributed by atoms with Gasteiger partial charge in [-0.1, -0.05) is 36.4 Å². The average Bonchev–Trinajstić information content (AvgIpc) is 3.26. The van der Waals surface area contributed by atoms with Gasteiger partial charge in [0, 0.05) is 18.7 Å². The maximum absolute atomic E-state index is 12.3. The summed E-state index contributed by atoms with van der Waals surface area (Å²) in [6.45, 7) is 4.25.